The van der Waals surface area contributed by atoms with Crippen LogP contribution < -0.4 is 10.6 Å². The van der Waals surface area contributed by atoms with Crippen LogP contribution in [-0.2, 0) is 0 Å². The molecule has 2 amide bonds. The van der Waals surface area contributed by atoms with E-state index in [4.69, 9.17) is 4.42 Å². The van der Waals surface area contributed by atoms with Crippen LogP contribution in [0.3, 0.4) is 0 Å². The van der Waals surface area contributed by atoms with E-state index in [1.165, 1.54) is 11.8 Å². The molecule has 0 bridgehead atoms. The van der Waals surface area contributed by atoms with Gasteiger partial charge in [0.1, 0.15) is 17.2 Å². The molecule has 8 heteroatoms. The Bertz CT molecular complexity index is 836. The Kier molecular flexibility index (Phi) is 4.95. The van der Waals surface area contributed by atoms with Gasteiger partial charge in [-0.3, -0.25) is 0 Å². The number of hydrogen-bond donors (Lipinski definition) is 2. The molecular formula is C16H13F2N3O2S. The summed E-state index contributed by atoms with van der Waals surface area (Å²) in [5.74, 6) is -0.995. The van der Waals surface area contributed by atoms with E-state index in [0.29, 0.717) is 29.2 Å². The van der Waals surface area contributed by atoms with Gasteiger partial charge in [0.2, 0.25) is 0 Å². The molecule has 3 aromatic rings. The van der Waals surface area contributed by atoms with Crippen molar-refractivity contribution in [2.24, 2.45) is 0 Å². The van der Waals surface area contributed by atoms with Crippen molar-refractivity contribution in [3.8, 4) is 0 Å². The lowest BCUT2D eigenvalue weighted by atomic mass is 10.3. The number of thioether (sulfide) groups is 1. The van der Waals surface area contributed by atoms with E-state index in [-0.39, 0.29) is 5.69 Å². The average molecular weight is 349 g/mol. The average Bonchev–Trinajstić information content (AvgIpc) is 2.97. The maximum absolute atomic E-state index is 13.4. The van der Waals surface area contributed by atoms with Crippen LogP contribution >= 0.6 is 11.8 Å². The largest absolute Gasteiger partial charge is 0.431 e. The highest BCUT2D eigenvalue weighted by molar-refractivity contribution is 7.99. The van der Waals surface area contributed by atoms with Crippen molar-refractivity contribution in [2.75, 3.05) is 17.6 Å². The number of oxazole rings is 1. The smallest absolute Gasteiger partial charge is 0.319 e. The Morgan fingerprint density at radius 2 is 2.04 bits per heavy atom. The predicted molar refractivity (Wildman–Crippen MR) is 88.1 cm³/mol. The van der Waals surface area contributed by atoms with Gasteiger partial charge in [0.15, 0.2) is 5.58 Å². The number of urea groups is 1. The lowest BCUT2D eigenvalue weighted by Gasteiger charge is -2.07. The number of carbonyl (C=O) groups is 1. The first-order chi connectivity index (χ1) is 11.6. The van der Waals surface area contributed by atoms with Crippen molar-refractivity contribution < 1.29 is 18.0 Å². The Hall–Kier alpha value is -2.61. The standard InChI is InChI=1S/C16H13F2N3O2S/c17-10-5-6-12(11(18)9-10)20-15(22)19-7-8-24-16-21-13-3-1-2-4-14(13)23-16/h1-6,9H,7-8H2,(H2,19,20,22). The predicted octanol–water partition coefficient (Wildman–Crippen LogP) is 4.02. The van der Waals surface area contributed by atoms with Crippen LogP contribution in [0.1, 0.15) is 0 Å². The van der Waals surface area contributed by atoms with Crippen molar-refractivity contribution in [3.63, 3.8) is 0 Å². The minimum atomic E-state index is -0.828. The van der Waals surface area contributed by atoms with Crippen LogP contribution in [0.4, 0.5) is 19.3 Å². The molecule has 124 valence electrons. The third kappa shape index (κ3) is 4.02. The Morgan fingerprint density at radius 1 is 1.21 bits per heavy atom. The molecule has 2 aromatic carbocycles. The summed E-state index contributed by atoms with van der Waals surface area (Å²) < 4.78 is 31.7. The highest BCUT2D eigenvalue weighted by Gasteiger charge is 2.08. The van der Waals surface area contributed by atoms with Gasteiger partial charge in [-0.2, -0.15) is 0 Å². The molecule has 3 rings (SSSR count). The second-order valence-corrected chi connectivity index (χ2v) is 5.85. The molecule has 0 atom stereocenters. The number of nitrogens with zero attached hydrogens (tertiary/aromatic N) is 1. The molecule has 1 heterocycles. The maximum Gasteiger partial charge on any atom is 0.319 e. The topological polar surface area (TPSA) is 67.2 Å². The van der Waals surface area contributed by atoms with Crippen molar-refractivity contribution >= 4 is 34.6 Å². The van der Waals surface area contributed by atoms with E-state index in [0.717, 1.165) is 17.6 Å². The summed E-state index contributed by atoms with van der Waals surface area (Å²) in [4.78, 5) is 16.0. The number of nitrogens with one attached hydrogen (secondary N) is 2. The molecule has 1 aromatic heterocycles. The highest BCUT2D eigenvalue weighted by atomic mass is 32.2. The summed E-state index contributed by atoms with van der Waals surface area (Å²) in [5, 5.41) is 5.41. The zero-order valence-corrected chi connectivity index (χ0v) is 13.2. The van der Waals surface area contributed by atoms with Crippen molar-refractivity contribution in [1.29, 1.82) is 0 Å². The molecule has 2 N–H and O–H groups in total. The van der Waals surface area contributed by atoms with Crippen LogP contribution in [0.25, 0.3) is 11.1 Å². The third-order valence-corrected chi connectivity index (χ3v) is 3.90. The number of rotatable bonds is 5. The number of para-hydroxylation sites is 2. The fraction of sp³-hybridized carbons (Fsp3) is 0.125. The quantitative estimate of drug-likeness (QED) is 0.539. The molecule has 0 spiro atoms. The summed E-state index contributed by atoms with van der Waals surface area (Å²) in [6.45, 7) is 0.331. The maximum atomic E-state index is 13.4. The minimum Gasteiger partial charge on any atom is -0.431 e. The van der Waals surface area contributed by atoms with Gasteiger partial charge in [0, 0.05) is 18.4 Å². The van der Waals surface area contributed by atoms with Crippen LogP contribution in [0.15, 0.2) is 52.1 Å². The van der Waals surface area contributed by atoms with E-state index in [1.807, 2.05) is 24.3 Å². The molecule has 0 saturated carbocycles. The molecule has 0 aliphatic heterocycles. The second-order valence-electron chi connectivity index (χ2n) is 4.80. The van der Waals surface area contributed by atoms with Crippen LogP contribution in [0.5, 0.6) is 0 Å². The highest BCUT2D eigenvalue weighted by Crippen LogP contribution is 2.22. The number of anilines is 1. The monoisotopic (exact) mass is 349 g/mol. The summed E-state index contributed by atoms with van der Waals surface area (Å²) >= 11 is 1.36. The normalized spacial score (nSPS) is 10.8. The Labute approximate surface area is 140 Å². The van der Waals surface area contributed by atoms with Crippen LogP contribution in [0.2, 0.25) is 0 Å². The van der Waals surface area contributed by atoms with E-state index in [2.05, 4.69) is 15.6 Å². The molecule has 0 fully saturated rings. The fourth-order valence-corrected chi connectivity index (χ4v) is 2.66. The van der Waals surface area contributed by atoms with E-state index >= 15 is 0 Å². The van der Waals surface area contributed by atoms with Crippen molar-refractivity contribution in [2.45, 2.75) is 5.22 Å². The molecule has 0 radical (unpaired) electrons. The van der Waals surface area contributed by atoms with Crippen LogP contribution in [-0.4, -0.2) is 23.3 Å². The molecule has 24 heavy (non-hydrogen) atoms. The summed E-state index contributed by atoms with van der Waals surface area (Å²) in [5.41, 5.74) is 1.40. The lowest BCUT2D eigenvalue weighted by molar-refractivity contribution is 0.252. The second kappa shape index (κ2) is 7.31. The van der Waals surface area contributed by atoms with Gasteiger partial charge < -0.3 is 15.1 Å². The van der Waals surface area contributed by atoms with Gasteiger partial charge in [0.05, 0.1) is 5.69 Å². The van der Waals surface area contributed by atoms with Gasteiger partial charge in [-0.1, -0.05) is 23.9 Å². The Morgan fingerprint density at radius 3 is 2.83 bits per heavy atom. The summed E-state index contributed by atoms with van der Waals surface area (Å²) in [6, 6.07) is 9.79. The number of benzene rings is 2. The summed E-state index contributed by atoms with van der Waals surface area (Å²) in [6.07, 6.45) is 0. The lowest BCUT2D eigenvalue weighted by Crippen LogP contribution is -2.30. The minimum absolute atomic E-state index is 0.0829. The SMILES string of the molecule is O=C(NCCSc1nc2ccccc2o1)Nc1ccc(F)cc1F. The Balaban J connectivity index is 1.45. The van der Waals surface area contributed by atoms with Crippen molar-refractivity contribution in [1.82, 2.24) is 10.3 Å². The molecule has 0 unspecified atom stereocenters. The summed E-state index contributed by atoms with van der Waals surface area (Å²) in [7, 11) is 0. The fourth-order valence-electron chi connectivity index (χ4n) is 1.97. The number of hydrogen-bond acceptors (Lipinski definition) is 4. The third-order valence-electron chi connectivity index (χ3n) is 3.07. The van der Waals surface area contributed by atoms with Gasteiger partial charge in [-0.05, 0) is 24.3 Å². The molecule has 0 saturated heterocycles. The van der Waals surface area contributed by atoms with Gasteiger partial charge in [-0.15, -0.1) is 0 Å². The van der Waals surface area contributed by atoms with Crippen LogP contribution in [0, 0.1) is 11.6 Å². The number of amides is 2. The van der Waals surface area contributed by atoms with Gasteiger partial charge in [-0.25, -0.2) is 18.6 Å². The zero-order chi connectivity index (χ0) is 16.9. The number of aromatic nitrogens is 1. The van der Waals surface area contributed by atoms with Gasteiger partial charge in [0.25, 0.3) is 5.22 Å². The van der Waals surface area contributed by atoms with E-state index in [1.54, 1.807) is 0 Å². The first-order valence-electron chi connectivity index (χ1n) is 7.10. The van der Waals surface area contributed by atoms with E-state index < -0.39 is 17.7 Å². The molecule has 0 aliphatic rings. The number of carbonyl (C=O) groups excluding carboxylic acids is 1. The zero-order valence-electron chi connectivity index (χ0n) is 12.4. The first kappa shape index (κ1) is 16.3. The number of halogens is 2. The molecular weight excluding hydrogens is 336 g/mol. The number of fused-ring (bicyclic) bond motifs is 1. The molecule has 0 aliphatic carbocycles. The van der Waals surface area contributed by atoms with Crippen molar-refractivity contribution in [3.05, 3.63) is 54.1 Å². The first-order valence-corrected chi connectivity index (χ1v) is 8.08. The van der Waals surface area contributed by atoms with E-state index in [9.17, 15) is 13.6 Å². The molecule has 5 nitrogen and oxygen atoms in total. The van der Waals surface area contributed by atoms with Gasteiger partial charge >= 0.3 is 6.03 Å².